The second kappa shape index (κ2) is 8.11. The average molecular weight is 351 g/mol. The molecule has 0 fully saturated rings. The van der Waals surface area contributed by atoms with Crippen molar-refractivity contribution in [2.45, 2.75) is 6.92 Å². The van der Waals surface area contributed by atoms with E-state index in [0.717, 1.165) is 17.1 Å². The molecule has 0 spiro atoms. The van der Waals surface area contributed by atoms with E-state index in [0.29, 0.717) is 12.3 Å². The van der Waals surface area contributed by atoms with E-state index in [-0.39, 0.29) is 17.4 Å². The zero-order valence-corrected chi connectivity index (χ0v) is 14.2. The van der Waals surface area contributed by atoms with Gasteiger partial charge in [-0.2, -0.15) is 0 Å². The van der Waals surface area contributed by atoms with E-state index in [2.05, 4.69) is 15.6 Å². The summed E-state index contributed by atoms with van der Waals surface area (Å²) in [5.41, 5.74) is 2.42. The number of hydrogen-bond acceptors (Lipinski definition) is 4. The van der Waals surface area contributed by atoms with Crippen molar-refractivity contribution < 1.29 is 13.9 Å². The maximum atomic E-state index is 12.9. The van der Waals surface area contributed by atoms with Crippen LogP contribution < -0.4 is 15.4 Å². The summed E-state index contributed by atoms with van der Waals surface area (Å²) in [5.74, 6) is 0.0963. The molecule has 0 aliphatic heterocycles. The van der Waals surface area contributed by atoms with Crippen LogP contribution in [-0.2, 0) is 0 Å². The van der Waals surface area contributed by atoms with Gasteiger partial charge in [-0.25, -0.2) is 9.37 Å². The lowest BCUT2D eigenvalue weighted by Crippen LogP contribution is -2.13. The molecule has 2 N–H and O–H groups in total. The number of hydrogen-bond donors (Lipinski definition) is 2. The van der Waals surface area contributed by atoms with E-state index in [1.54, 1.807) is 18.3 Å². The molecule has 0 unspecified atom stereocenters. The van der Waals surface area contributed by atoms with Crippen molar-refractivity contribution in [3.63, 3.8) is 0 Å². The molecule has 0 atom stereocenters. The van der Waals surface area contributed by atoms with Crippen LogP contribution in [0.5, 0.6) is 5.75 Å². The van der Waals surface area contributed by atoms with Crippen LogP contribution >= 0.6 is 0 Å². The molecule has 3 aromatic rings. The first kappa shape index (κ1) is 17.4. The smallest absolute Gasteiger partial charge is 0.274 e. The van der Waals surface area contributed by atoms with Gasteiger partial charge in [0.25, 0.3) is 5.91 Å². The first-order valence-corrected chi connectivity index (χ1v) is 8.17. The summed E-state index contributed by atoms with van der Waals surface area (Å²) in [6.07, 6.45) is 1.58. The summed E-state index contributed by atoms with van der Waals surface area (Å²) >= 11 is 0. The zero-order chi connectivity index (χ0) is 18.4. The van der Waals surface area contributed by atoms with Crippen LogP contribution in [0, 0.1) is 5.82 Å². The van der Waals surface area contributed by atoms with Crippen molar-refractivity contribution in [3.05, 3.63) is 78.4 Å². The largest absolute Gasteiger partial charge is 0.494 e. The number of aromatic nitrogens is 1. The number of anilines is 3. The Bertz CT molecular complexity index is 863. The van der Waals surface area contributed by atoms with Crippen LogP contribution in [0.3, 0.4) is 0 Å². The topological polar surface area (TPSA) is 63.2 Å². The normalized spacial score (nSPS) is 10.2. The molecule has 0 aliphatic rings. The third-order valence-electron chi connectivity index (χ3n) is 3.55. The van der Waals surface area contributed by atoms with Crippen LogP contribution in [-0.4, -0.2) is 17.5 Å². The number of amides is 1. The van der Waals surface area contributed by atoms with Crippen molar-refractivity contribution >= 4 is 23.0 Å². The minimum Gasteiger partial charge on any atom is -0.494 e. The maximum absolute atomic E-state index is 12.9. The fraction of sp³-hybridized carbons (Fsp3) is 0.100. The van der Waals surface area contributed by atoms with Crippen LogP contribution in [0.15, 0.2) is 66.9 Å². The minimum absolute atomic E-state index is 0.270. The van der Waals surface area contributed by atoms with E-state index in [4.69, 9.17) is 4.74 Å². The van der Waals surface area contributed by atoms with Gasteiger partial charge in [-0.15, -0.1) is 0 Å². The summed E-state index contributed by atoms with van der Waals surface area (Å²) in [4.78, 5) is 16.3. The Morgan fingerprint density at radius 1 is 0.962 bits per heavy atom. The number of benzene rings is 2. The molecule has 0 saturated carbocycles. The third-order valence-corrected chi connectivity index (χ3v) is 3.55. The summed E-state index contributed by atoms with van der Waals surface area (Å²) in [6, 6.07) is 16.5. The molecule has 26 heavy (non-hydrogen) atoms. The van der Waals surface area contributed by atoms with Crippen molar-refractivity contribution in [3.8, 4) is 5.75 Å². The van der Waals surface area contributed by atoms with E-state index in [1.165, 1.54) is 24.3 Å². The fourth-order valence-corrected chi connectivity index (χ4v) is 2.30. The first-order valence-electron chi connectivity index (χ1n) is 8.17. The molecule has 0 bridgehead atoms. The van der Waals surface area contributed by atoms with Gasteiger partial charge in [0.1, 0.15) is 17.3 Å². The first-order chi connectivity index (χ1) is 12.6. The molecule has 0 radical (unpaired) electrons. The lowest BCUT2D eigenvalue weighted by atomic mass is 10.2. The molecular weight excluding hydrogens is 333 g/mol. The number of carbonyl (C=O) groups excluding carboxylic acids is 1. The highest BCUT2D eigenvalue weighted by molar-refractivity contribution is 6.02. The van der Waals surface area contributed by atoms with Crippen LogP contribution in [0.25, 0.3) is 0 Å². The maximum Gasteiger partial charge on any atom is 0.274 e. The van der Waals surface area contributed by atoms with Crippen molar-refractivity contribution in [2.24, 2.45) is 0 Å². The zero-order valence-electron chi connectivity index (χ0n) is 14.2. The Morgan fingerprint density at radius 3 is 2.23 bits per heavy atom. The quantitative estimate of drug-likeness (QED) is 0.680. The van der Waals surface area contributed by atoms with Gasteiger partial charge in [0, 0.05) is 11.4 Å². The molecule has 1 heterocycles. The van der Waals surface area contributed by atoms with E-state index in [9.17, 15) is 9.18 Å². The monoisotopic (exact) mass is 351 g/mol. The van der Waals surface area contributed by atoms with Crippen molar-refractivity contribution in [1.82, 2.24) is 4.98 Å². The minimum atomic E-state index is -0.357. The highest BCUT2D eigenvalue weighted by atomic mass is 19.1. The molecule has 1 aromatic heterocycles. The second-order valence-electron chi connectivity index (χ2n) is 5.48. The fourth-order valence-electron chi connectivity index (χ4n) is 2.30. The van der Waals surface area contributed by atoms with Gasteiger partial charge in [-0.3, -0.25) is 4.79 Å². The van der Waals surface area contributed by atoms with Crippen molar-refractivity contribution in [1.29, 1.82) is 0 Å². The number of ether oxygens (including phenoxy) is 1. The Balaban J connectivity index is 1.62. The molecule has 5 nitrogen and oxygen atoms in total. The molecule has 132 valence electrons. The van der Waals surface area contributed by atoms with Gasteiger partial charge in [0.15, 0.2) is 0 Å². The summed E-state index contributed by atoms with van der Waals surface area (Å²) in [5, 5.41) is 5.87. The van der Waals surface area contributed by atoms with Gasteiger partial charge >= 0.3 is 0 Å². The molecule has 0 aliphatic carbocycles. The van der Waals surface area contributed by atoms with Crippen molar-refractivity contribution in [2.75, 3.05) is 17.2 Å². The molecule has 1 amide bonds. The number of pyridine rings is 1. The lowest BCUT2D eigenvalue weighted by Gasteiger charge is -2.09. The predicted molar refractivity (Wildman–Crippen MR) is 99.5 cm³/mol. The van der Waals surface area contributed by atoms with Gasteiger partial charge in [0.05, 0.1) is 18.5 Å². The lowest BCUT2D eigenvalue weighted by molar-refractivity contribution is 0.102. The van der Waals surface area contributed by atoms with E-state index in [1.807, 2.05) is 31.2 Å². The van der Waals surface area contributed by atoms with Crippen LogP contribution in [0.1, 0.15) is 17.4 Å². The Morgan fingerprint density at radius 2 is 1.62 bits per heavy atom. The third kappa shape index (κ3) is 4.57. The van der Waals surface area contributed by atoms with E-state index < -0.39 is 0 Å². The molecule has 3 rings (SSSR count). The average Bonchev–Trinajstić information content (AvgIpc) is 2.66. The Labute approximate surface area is 150 Å². The van der Waals surface area contributed by atoms with E-state index >= 15 is 0 Å². The second-order valence-corrected chi connectivity index (χ2v) is 5.48. The molecule has 2 aromatic carbocycles. The Hall–Kier alpha value is -3.41. The van der Waals surface area contributed by atoms with Crippen LogP contribution in [0.2, 0.25) is 0 Å². The molecular formula is C20H18FN3O2. The van der Waals surface area contributed by atoms with Gasteiger partial charge in [-0.05, 0) is 67.6 Å². The summed E-state index contributed by atoms with van der Waals surface area (Å²) in [6.45, 7) is 2.56. The summed E-state index contributed by atoms with van der Waals surface area (Å²) in [7, 11) is 0. The SMILES string of the molecule is CCOc1ccc(Nc2ccc(C(=O)Nc3ccc(F)cc3)nc2)cc1. The highest BCUT2D eigenvalue weighted by Gasteiger charge is 2.08. The Kier molecular flexibility index (Phi) is 5.43. The number of nitrogens with one attached hydrogen (secondary N) is 2. The van der Waals surface area contributed by atoms with Crippen LogP contribution in [0.4, 0.5) is 21.5 Å². The van der Waals surface area contributed by atoms with Gasteiger partial charge < -0.3 is 15.4 Å². The number of halogens is 1. The standard InChI is InChI=1S/C20H18FN3O2/c1-2-26-18-10-7-15(8-11-18)23-17-9-12-19(22-13-17)20(25)24-16-5-3-14(21)4-6-16/h3-13,23H,2H2,1H3,(H,24,25). The molecule has 0 saturated heterocycles. The van der Waals surface area contributed by atoms with Gasteiger partial charge in [0.2, 0.25) is 0 Å². The number of carbonyl (C=O) groups is 1. The summed E-state index contributed by atoms with van der Waals surface area (Å²) < 4.78 is 18.3. The molecule has 6 heteroatoms. The highest BCUT2D eigenvalue weighted by Crippen LogP contribution is 2.20. The number of rotatable bonds is 6. The number of nitrogens with zero attached hydrogens (tertiary/aromatic N) is 1. The predicted octanol–water partition coefficient (Wildman–Crippen LogP) is 4.62. The van der Waals surface area contributed by atoms with Gasteiger partial charge in [-0.1, -0.05) is 0 Å².